The molecule has 0 spiro atoms. The number of benzene rings is 1. The number of pyridine rings is 2. The minimum absolute atomic E-state index is 0.507. The third-order valence-corrected chi connectivity index (χ3v) is 8.79. The molecule has 2 saturated heterocycles. The quantitative estimate of drug-likeness (QED) is 0.148. The van der Waals surface area contributed by atoms with Gasteiger partial charge in [-0.15, -0.1) is 0 Å². The molecule has 2 atom stereocenters. The van der Waals surface area contributed by atoms with Crippen LogP contribution in [0.15, 0.2) is 78.3 Å². The fourth-order valence-electron chi connectivity index (χ4n) is 6.48. The molecule has 7 rings (SSSR count). The number of hydrogen-bond donors (Lipinski definition) is 2. The maximum Gasteiger partial charge on any atom is 0.162 e. The lowest BCUT2D eigenvalue weighted by Crippen LogP contribution is -2.44. The number of aliphatic imine (C=N–C) groups is 1. The van der Waals surface area contributed by atoms with Crippen LogP contribution in [0.4, 0.5) is 17.3 Å². The Bertz CT molecular complexity index is 1650. The highest BCUT2D eigenvalue weighted by molar-refractivity contribution is 5.94. The number of allylic oxidation sites excluding steroid dienone is 1. The summed E-state index contributed by atoms with van der Waals surface area (Å²) < 4.78 is 0. The summed E-state index contributed by atoms with van der Waals surface area (Å²) in [6.45, 7) is 7.25. The van der Waals surface area contributed by atoms with Gasteiger partial charge in [0, 0.05) is 48.6 Å². The number of rotatable bonds is 8. The second kappa shape index (κ2) is 12.1. The number of hydrazine groups is 1. The van der Waals surface area contributed by atoms with Crippen molar-refractivity contribution in [2.24, 2.45) is 10.9 Å². The summed E-state index contributed by atoms with van der Waals surface area (Å²) >= 11 is 0. The van der Waals surface area contributed by atoms with Gasteiger partial charge in [-0.2, -0.15) is 0 Å². The van der Waals surface area contributed by atoms with Gasteiger partial charge in [-0.1, -0.05) is 31.2 Å². The molecule has 4 aromatic rings. The molecule has 2 N–H and O–H groups in total. The van der Waals surface area contributed by atoms with Crippen LogP contribution in [0.1, 0.15) is 57.4 Å². The minimum atomic E-state index is 0.507. The van der Waals surface area contributed by atoms with E-state index < -0.39 is 0 Å². The first-order valence-corrected chi connectivity index (χ1v) is 15.6. The Morgan fingerprint density at radius 2 is 2.00 bits per heavy atom. The fourth-order valence-corrected chi connectivity index (χ4v) is 6.48. The Morgan fingerprint density at radius 3 is 2.81 bits per heavy atom. The zero-order valence-electron chi connectivity index (χ0n) is 24.9. The molecular formula is C34H39N9. The van der Waals surface area contributed by atoms with Gasteiger partial charge < -0.3 is 10.2 Å². The van der Waals surface area contributed by atoms with Gasteiger partial charge >= 0.3 is 0 Å². The smallest absolute Gasteiger partial charge is 0.162 e. The summed E-state index contributed by atoms with van der Waals surface area (Å²) in [7, 11) is 0. The largest absolute Gasteiger partial charge is 0.353 e. The summed E-state index contributed by atoms with van der Waals surface area (Å²) in [6.07, 6.45) is 15.2. The lowest BCUT2D eigenvalue weighted by atomic mass is 9.94. The predicted molar refractivity (Wildman–Crippen MR) is 174 cm³/mol. The molecule has 43 heavy (non-hydrogen) atoms. The van der Waals surface area contributed by atoms with Gasteiger partial charge in [-0.05, 0) is 87.4 Å². The Hall–Kier alpha value is -4.37. The van der Waals surface area contributed by atoms with Crippen LogP contribution in [0.25, 0.3) is 22.3 Å². The van der Waals surface area contributed by atoms with Crippen molar-refractivity contribution in [2.75, 3.05) is 29.5 Å². The molecule has 3 aromatic heterocycles. The molecular weight excluding hydrogens is 534 g/mol. The maximum atomic E-state index is 5.33. The van der Waals surface area contributed by atoms with E-state index in [2.05, 4.69) is 44.7 Å². The van der Waals surface area contributed by atoms with Crippen molar-refractivity contribution in [1.82, 2.24) is 30.7 Å². The van der Waals surface area contributed by atoms with E-state index in [-0.39, 0.29) is 0 Å². The van der Waals surface area contributed by atoms with Crippen molar-refractivity contribution in [2.45, 2.75) is 57.9 Å². The third kappa shape index (κ3) is 5.69. The van der Waals surface area contributed by atoms with E-state index in [0.717, 1.165) is 54.5 Å². The first kappa shape index (κ1) is 27.5. The summed E-state index contributed by atoms with van der Waals surface area (Å²) in [5, 5.41) is 6.76. The van der Waals surface area contributed by atoms with Crippen molar-refractivity contribution in [3.8, 4) is 11.4 Å². The first-order chi connectivity index (χ1) is 21.2. The molecule has 220 valence electrons. The molecule has 1 aromatic carbocycles. The van der Waals surface area contributed by atoms with E-state index in [1.807, 2.05) is 66.9 Å². The molecule has 0 amide bonds. The average molecular weight is 574 g/mol. The third-order valence-electron chi connectivity index (χ3n) is 8.79. The minimum Gasteiger partial charge on any atom is -0.353 e. The number of aromatic nitrogens is 4. The van der Waals surface area contributed by atoms with Crippen LogP contribution in [0, 0.1) is 5.92 Å². The molecule has 3 aliphatic rings. The van der Waals surface area contributed by atoms with Gasteiger partial charge in [0.05, 0.1) is 17.4 Å². The molecule has 2 aliphatic heterocycles. The highest BCUT2D eigenvalue weighted by atomic mass is 15.5. The summed E-state index contributed by atoms with van der Waals surface area (Å²) in [5.41, 5.74) is 7.61. The van der Waals surface area contributed by atoms with Crippen LogP contribution in [-0.2, 0) is 0 Å². The van der Waals surface area contributed by atoms with Gasteiger partial charge in [0.15, 0.2) is 11.6 Å². The van der Waals surface area contributed by atoms with E-state index >= 15 is 0 Å². The lowest BCUT2D eigenvalue weighted by molar-refractivity contribution is 0.360. The average Bonchev–Trinajstić information content (AvgIpc) is 3.82. The fraction of sp³-hybridized carbons (Fsp3) is 0.382. The standard InChI is InChI=1S/C34H39N9/c1-3-17-43(26-8-6-5-7-9-26)41-30(4-2)39-31-19-24(12-16-37-31)33-38-28-22-36-21-27(23-10-11-23)32(28)34(40-33)42-18-14-25-20-35-15-13-29(25)42/h3,5-9,12,16-17,19,21-23,25,29,35H,4,10-11,13-15,18,20H2,1-2H3,(H,37,39,41). The van der Waals surface area contributed by atoms with Crippen molar-refractivity contribution >= 4 is 34.1 Å². The summed E-state index contributed by atoms with van der Waals surface area (Å²) in [5.74, 6) is 4.41. The van der Waals surface area contributed by atoms with Crippen molar-refractivity contribution in [3.63, 3.8) is 0 Å². The number of para-hydroxylation sites is 1. The molecule has 0 bridgehead atoms. The Morgan fingerprint density at radius 1 is 1.12 bits per heavy atom. The van der Waals surface area contributed by atoms with Gasteiger partial charge in [0.1, 0.15) is 11.7 Å². The Balaban J connectivity index is 1.26. The van der Waals surface area contributed by atoms with Crippen LogP contribution in [0.3, 0.4) is 0 Å². The van der Waals surface area contributed by atoms with Crippen molar-refractivity contribution < 1.29 is 0 Å². The molecule has 5 heterocycles. The molecule has 9 nitrogen and oxygen atoms in total. The van der Waals surface area contributed by atoms with E-state index in [0.29, 0.717) is 35.9 Å². The van der Waals surface area contributed by atoms with Crippen molar-refractivity contribution in [3.05, 3.63) is 78.9 Å². The second-order valence-corrected chi connectivity index (χ2v) is 11.7. The van der Waals surface area contributed by atoms with Crippen LogP contribution in [-0.4, -0.2) is 51.4 Å². The number of piperidine rings is 1. The predicted octanol–water partition coefficient (Wildman–Crippen LogP) is 6.14. The number of nitrogens with one attached hydrogen (secondary N) is 2. The molecule has 3 fully saturated rings. The number of hydrogen-bond acceptors (Lipinski definition) is 8. The molecule has 1 saturated carbocycles. The number of anilines is 2. The number of nitrogens with zero attached hydrogens (tertiary/aromatic N) is 7. The van der Waals surface area contributed by atoms with E-state index in [9.17, 15) is 0 Å². The van der Waals surface area contributed by atoms with Crippen LogP contribution in [0.2, 0.25) is 0 Å². The van der Waals surface area contributed by atoms with Crippen LogP contribution >= 0.6 is 0 Å². The van der Waals surface area contributed by atoms with Crippen LogP contribution in [0.5, 0.6) is 0 Å². The number of fused-ring (bicyclic) bond motifs is 2. The van der Waals surface area contributed by atoms with Gasteiger partial charge in [0.25, 0.3) is 0 Å². The highest BCUT2D eigenvalue weighted by Crippen LogP contribution is 2.46. The summed E-state index contributed by atoms with van der Waals surface area (Å²) in [6, 6.07) is 14.7. The second-order valence-electron chi connectivity index (χ2n) is 11.7. The first-order valence-electron chi connectivity index (χ1n) is 15.6. The zero-order chi connectivity index (χ0) is 29.2. The molecule has 1 aliphatic carbocycles. The van der Waals surface area contributed by atoms with Crippen LogP contribution < -0.4 is 20.7 Å². The topological polar surface area (TPSA) is 94.5 Å². The molecule has 2 unspecified atom stereocenters. The van der Waals surface area contributed by atoms with E-state index in [4.69, 9.17) is 15.0 Å². The monoisotopic (exact) mass is 573 g/mol. The molecule has 0 radical (unpaired) electrons. The highest BCUT2D eigenvalue weighted by Gasteiger charge is 2.38. The number of amidine groups is 1. The zero-order valence-corrected chi connectivity index (χ0v) is 24.9. The van der Waals surface area contributed by atoms with E-state index in [1.165, 1.54) is 30.2 Å². The molecule has 9 heteroatoms. The summed E-state index contributed by atoms with van der Waals surface area (Å²) in [4.78, 5) is 27.1. The van der Waals surface area contributed by atoms with Gasteiger partial charge in [-0.3, -0.25) is 15.4 Å². The normalized spacial score (nSPS) is 20.5. The van der Waals surface area contributed by atoms with E-state index in [1.54, 1.807) is 6.20 Å². The lowest BCUT2D eigenvalue weighted by Gasteiger charge is -2.33. The van der Waals surface area contributed by atoms with Gasteiger partial charge in [0.2, 0.25) is 0 Å². The SMILES string of the molecule is CC=CN(NC(CC)=Nc1cc(-c2nc(N3CCC4CNCCC43)c3c(C4CC4)cncc3n2)ccn1)c1ccccc1. The Kier molecular flexibility index (Phi) is 7.72. The van der Waals surface area contributed by atoms with Gasteiger partial charge in [-0.25, -0.2) is 19.9 Å². The Labute approximate surface area is 253 Å². The van der Waals surface area contributed by atoms with Crippen molar-refractivity contribution in [1.29, 1.82) is 0 Å². The maximum absolute atomic E-state index is 5.33.